The summed E-state index contributed by atoms with van der Waals surface area (Å²) in [5.41, 5.74) is 8.56. The van der Waals surface area contributed by atoms with E-state index in [4.69, 9.17) is 5.73 Å². The first-order valence-electron chi connectivity index (χ1n) is 8.79. The van der Waals surface area contributed by atoms with Crippen molar-refractivity contribution in [2.24, 2.45) is 23.5 Å². The first-order chi connectivity index (χ1) is 11.7. The van der Waals surface area contributed by atoms with Crippen molar-refractivity contribution in [1.29, 1.82) is 0 Å². The van der Waals surface area contributed by atoms with Gasteiger partial charge in [-0.2, -0.15) is 5.10 Å². The molecule has 0 saturated heterocycles. The molecule has 2 aliphatic rings. The van der Waals surface area contributed by atoms with Gasteiger partial charge in [-0.25, -0.2) is 0 Å². The van der Waals surface area contributed by atoms with Crippen LogP contribution in [-0.4, -0.2) is 21.7 Å². The highest BCUT2D eigenvalue weighted by atomic mass is 16.1. The molecule has 2 saturated carbocycles. The highest BCUT2D eigenvalue weighted by Gasteiger charge is 2.48. The number of hydrogen-bond acceptors (Lipinski definition) is 3. The number of carbonyl (C=O) groups is 1. The van der Waals surface area contributed by atoms with E-state index in [1.165, 1.54) is 12.0 Å². The highest BCUT2D eigenvalue weighted by molar-refractivity contribution is 5.80. The Bertz CT molecular complexity index is 710. The van der Waals surface area contributed by atoms with Crippen molar-refractivity contribution in [2.45, 2.75) is 38.4 Å². The molecule has 4 unspecified atom stereocenters. The van der Waals surface area contributed by atoms with E-state index in [1.54, 1.807) is 6.20 Å². The van der Waals surface area contributed by atoms with E-state index in [-0.39, 0.29) is 17.9 Å². The van der Waals surface area contributed by atoms with Crippen LogP contribution >= 0.6 is 0 Å². The van der Waals surface area contributed by atoms with Crippen molar-refractivity contribution in [1.82, 2.24) is 15.1 Å². The van der Waals surface area contributed by atoms with Gasteiger partial charge >= 0.3 is 0 Å². The zero-order chi connectivity index (χ0) is 16.5. The molecule has 2 aromatic rings. The van der Waals surface area contributed by atoms with Gasteiger partial charge in [0.05, 0.1) is 12.5 Å². The summed E-state index contributed by atoms with van der Waals surface area (Å²) >= 11 is 0. The third-order valence-corrected chi connectivity index (χ3v) is 5.65. The molecule has 0 radical (unpaired) electrons. The van der Waals surface area contributed by atoms with E-state index in [0.29, 0.717) is 18.4 Å². The third kappa shape index (κ3) is 2.96. The number of benzene rings is 1. The Labute approximate surface area is 142 Å². The Morgan fingerprint density at radius 1 is 1.25 bits per heavy atom. The third-order valence-electron chi connectivity index (χ3n) is 5.65. The fourth-order valence-corrected chi connectivity index (χ4v) is 4.45. The van der Waals surface area contributed by atoms with Crippen molar-refractivity contribution in [3.05, 3.63) is 53.9 Å². The minimum absolute atomic E-state index is 0.0102. The largest absolute Gasteiger partial charge is 0.352 e. The van der Waals surface area contributed by atoms with Crippen LogP contribution in [0, 0.1) is 17.8 Å². The van der Waals surface area contributed by atoms with Crippen LogP contribution in [0.2, 0.25) is 0 Å². The standard InChI is InChI=1S/C19H24N4O/c20-18-16-6-5-15(10-16)17(18)19(24)21-11-13-3-1-4-14(9-13)12-23-8-2-7-22-23/h1-4,7-9,15-18H,5-6,10-12,20H2,(H,21,24). The Morgan fingerprint density at radius 2 is 2.08 bits per heavy atom. The smallest absolute Gasteiger partial charge is 0.225 e. The summed E-state index contributed by atoms with van der Waals surface area (Å²) in [7, 11) is 0. The lowest BCUT2D eigenvalue weighted by atomic mass is 9.84. The number of hydrogen-bond donors (Lipinski definition) is 2. The maximum Gasteiger partial charge on any atom is 0.225 e. The molecule has 2 bridgehead atoms. The lowest BCUT2D eigenvalue weighted by Crippen LogP contribution is -2.45. The first kappa shape index (κ1) is 15.4. The van der Waals surface area contributed by atoms with Gasteiger partial charge in [-0.15, -0.1) is 0 Å². The second-order valence-corrected chi connectivity index (χ2v) is 7.18. The van der Waals surface area contributed by atoms with Crippen molar-refractivity contribution < 1.29 is 4.79 Å². The number of nitrogens with two attached hydrogens (primary N) is 1. The molecule has 4 rings (SSSR count). The topological polar surface area (TPSA) is 72.9 Å². The van der Waals surface area contributed by atoms with Crippen LogP contribution in [0.25, 0.3) is 0 Å². The van der Waals surface area contributed by atoms with E-state index in [0.717, 1.165) is 24.9 Å². The summed E-state index contributed by atoms with van der Waals surface area (Å²) in [5.74, 6) is 1.20. The summed E-state index contributed by atoms with van der Waals surface area (Å²) in [6, 6.07) is 10.3. The summed E-state index contributed by atoms with van der Waals surface area (Å²) in [6.45, 7) is 1.30. The van der Waals surface area contributed by atoms with Gasteiger partial charge in [-0.1, -0.05) is 24.3 Å². The van der Waals surface area contributed by atoms with E-state index in [2.05, 4.69) is 22.5 Å². The molecule has 1 heterocycles. The SMILES string of the molecule is NC1C2CCC(C2)C1C(=O)NCc1cccc(Cn2cccn2)c1. The molecule has 0 aliphatic heterocycles. The minimum Gasteiger partial charge on any atom is -0.352 e. The van der Waals surface area contributed by atoms with Gasteiger partial charge in [0.2, 0.25) is 5.91 Å². The van der Waals surface area contributed by atoms with Gasteiger partial charge in [-0.3, -0.25) is 9.48 Å². The molecular formula is C19H24N4O. The quantitative estimate of drug-likeness (QED) is 0.882. The lowest BCUT2D eigenvalue weighted by molar-refractivity contribution is -0.127. The number of nitrogens with zero attached hydrogens (tertiary/aromatic N) is 2. The van der Waals surface area contributed by atoms with Gasteiger partial charge in [0.25, 0.3) is 0 Å². The molecule has 24 heavy (non-hydrogen) atoms. The Hall–Kier alpha value is -2.14. The van der Waals surface area contributed by atoms with Crippen LogP contribution in [0.1, 0.15) is 30.4 Å². The summed E-state index contributed by atoms with van der Waals surface area (Å²) < 4.78 is 1.89. The van der Waals surface area contributed by atoms with Gasteiger partial charge in [0.1, 0.15) is 0 Å². The minimum atomic E-state index is 0.0102. The molecule has 2 aliphatic carbocycles. The van der Waals surface area contributed by atoms with Crippen molar-refractivity contribution in [3.8, 4) is 0 Å². The van der Waals surface area contributed by atoms with Gasteiger partial charge in [0, 0.05) is 25.0 Å². The van der Waals surface area contributed by atoms with Crippen LogP contribution in [-0.2, 0) is 17.9 Å². The molecule has 1 aromatic carbocycles. The number of fused-ring (bicyclic) bond motifs is 2. The monoisotopic (exact) mass is 324 g/mol. The maximum absolute atomic E-state index is 12.6. The molecule has 5 heteroatoms. The molecule has 4 atom stereocenters. The Kier molecular flexibility index (Phi) is 4.10. The first-order valence-corrected chi connectivity index (χ1v) is 8.79. The fraction of sp³-hybridized carbons (Fsp3) is 0.474. The second kappa shape index (κ2) is 6.40. The Morgan fingerprint density at radius 3 is 2.83 bits per heavy atom. The van der Waals surface area contributed by atoms with Gasteiger partial charge < -0.3 is 11.1 Å². The van der Waals surface area contributed by atoms with E-state index in [1.807, 2.05) is 29.1 Å². The zero-order valence-electron chi connectivity index (χ0n) is 13.8. The van der Waals surface area contributed by atoms with Gasteiger partial charge in [-0.05, 0) is 48.3 Å². The van der Waals surface area contributed by atoms with Crippen LogP contribution in [0.5, 0.6) is 0 Å². The second-order valence-electron chi connectivity index (χ2n) is 7.18. The summed E-state index contributed by atoms with van der Waals surface area (Å²) in [6.07, 6.45) is 7.23. The molecular weight excluding hydrogens is 300 g/mol. The zero-order valence-corrected chi connectivity index (χ0v) is 13.8. The number of aromatic nitrogens is 2. The van der Waals surface area contributed by atoms with Crippen LogP contribution < -0.4 is 11.1 Å². The molecule has 1 aromatic heterocycles. The molecule has 3 N–H and O–H groups in total. The van der Waals surface area contributed by atoms with Crippen molar-refractivity contribution >= 4 is 5.91 Å². The number of carbonyl (C=O) groups excluding carboxylic acids is 1. The number of nitrogens with one attached hydrogen (secondary N) is 1. The number of amides is 1. The molecule has 1 amide bonds. The molecule has 0 spiro atoms. The molecule has 2 fully saturated rings. The lowest BCUT2D eigenvalue weighted by Gasteiger charge is -2.27. The van der Waals surface area contributed by atoms with Gasteiger partial charge in [0.15, 0.2) is 0 Å². The predicted molar refractivity (Wildman–Crippen MR) is 91.9 cm³/mol. The Balaban J connectivity index is 1.36. The summed E-state index contributed by atoms with van der Waals surface area (Å²) in [5, 5.41) is 7.33. The van der Waals surface area contributed by atoms with Crippen LogP contribution in [0.15, 0.2) is 42.7 Å². The fourth-order valence-electron chi connectivity index (χ4n) is 4.45. The van der Waals surface area contributed by atoms with Crippen molar-refractivity contribution in [2.75, 3.05) is 0 Å². The predicted octanol–water partition coefficient (Wildman–Crippen LogP) is 1.92. The van der Waals surface area contributed by atoms with Crippen molar-refractivity contribution in [3.63, 3.8) is 0 Å². The normalized spacial score (nSPS) is 28.2. The molecule has 126 valence electrons. The average Bonchev–Trinajstić information content (AvgIpc) is 3.30. The maximum atomic E-state index is 12.6. The van der Waals surface area contributed by atoms with E-state index < -0.39 is 0 Å². The highest BCUT2D eigenvalue weighted by Crippen LogP contribution is 2.47. The summed E-state index contributed by atoms with van der Waals surface area (Å²) in [4.78, 5) is 12.6. The van der Waals surface area contributed by atoms with Crippen LogP contribution in [0.3, 0.4) is 0 Å². The van der Waals surface area contributed by atoms with Crippen LogP contribution in [0.4, 0.5) is 0 Å². The average molecular weight is 324 g/mol. The molecule has 5 nitrogen and oxygen atoms in total. The van der Waals surface area contributed by atoms with E-state index >= 15 is 0 Å². The number of rotatable bonds is 5. The van der Waals surface area contributed by atoms with E-state index in [9.17, 15) is 4.79 Å².